The van der Waals surface area contributed by atoms with Crippen molar-refractivity contribution in [2.24, 2.45) is 23.2 Å². The molecule has 2 aliphatic carbocycles. The molecule has 1 aromatic carbocycles. The van der Waals surface area contributed by atoms with Crippen LogP contribution in [-0.4, -0.2) is 69.0 Å². The number of hydrogen-bond acceptors (Lipinski definition) is 6. The van der Waals surface area contributed by atoms with Gasteiger partial charge in [-0.1, -0.05) is 6.92 Å². The van der Waals surface area contributed by atoms with Crippen LogP contribution < -0.4 is 9.64 Å². The molecule has 6 nitrogen and oxygen atoms in total. The van der Waals surface area contributed by atoms with Crippen LogP contribution in [0, 0.1) is 23.2 Å². The second kappa shape index (κ2) is 7.63. The van der Waals surface area contributed by atoms with Gasteiger partial charge in [0.25, 0.3) is 0 Å². The fourth-order valence-corrected chi connectivity index (χ4v) is 7.43. The molecule has 0 aromatic heterocycles. The minimum atomic E-state index is 0.0230. The molecule has 6 heteroatoms. The topological polar surface area (TPSA) is 54.5 Å². The van der Waals surface area contributed by atoms with Gasteiger partial charge in [0.05, 0.1) is 25.2 Å². The summed E-state index contributed by atoms with van der Waals surface area (Å²) in [6, 6.07) is 8.31. The van der Waals surface area contributed by atoms with Crippen molar-refractivity contribution in [1.82, 2.24) is 4.90 Å². The molecule has 3 heterocycles. The number of nitrogens with zero attached hydrogens (tertiary/aromatic N) is 2. The SMILES string of the molecule is COc1ccc(N2CCN(C[C@H]3C(=O)O[C@@H]4C[C@@]5(C)CCC[C@@]6(CO6)[C@@H]5C[C@@H]43)CC2)cc1. The molecule has 3 saturated heterocycles. The molecular formula is C26H36N2O4. The number of anilines is 1. The van der Waals surface area contributed by atoms with Gasteiger partial charge in [0.2, 0.25) is 0 Å². The molecule has 32 heavy (non-hydrogen) atoms. The molecule has 6 atom stereocenters. The zero-order valence-corrected chi connectivity index (χ0v) is 19.4. The summed E-state index contributed by atoms with van der Waals surface area (Å²) in [5.41, 5.74) is 1.64. The molecule has 1 spiro atoms. The second-order valence-corrected chi connectivity index (χ2v) is 11.1. The van der Waals surface area contributed by atoms with E-state index in [1.165, 1.54) is 24.9 Å². The lowest BCUT2D eigenvalue weighted by atomic mass is 9.53. The number of carbonyl (C=O) groups is 1. The standard InChI is InChI=1S/C26H36N2O4/c1-25-8-3-9-26(17-31-26)23(25)14-20-21(24(29)32-22(20)15-25)16-27-10-12-28(13-11-27)18-4-6-19(30-2)7-5-18/h4-7,20-23H,3,8-17H2,1-2H3/t20-,21-,22-,23-,25-,26-/m1/s1. The Kier molecular flexibility index (Phi) is 4.95. The maximum absolute atomic E-state index is 12.9. The summed E-state index contributed by atoms with van der Waals surface area (Å²) in [5.74, 6) is 1.91. The number of piperazine rings is 1. The molecule has 5 aliphatic rings. The number of benzene rings is 1. The van der Waals surface area contributed by atoms with E-state index in [4.69, 9.17) is 14.2 Å². The third-order valence-corrected chi connectivity index (χ3v) is 9.34. The van der Waals surface area contributed by atoms with Crippen LogP contribution in [0.2, 0.25) is 0 Å². The van der Waals surface area contributed by atoms with Crippen molar-refractivity contribution in [3.05, 3.63) is 24.3 Å². The zero-order valence-electron chi connectivity index (χ0n) is 19.4. The lowest BCUT2D eigenvalue weighted by Gasteiger charge is -2.51. The molecule has 5 fully saturated rings. The Hall–Kier alpha value is -1.79. The predicted octanol–water partition coefficient (Wildman–Crippen LogP) is 3.34. The van der Waals surface area contributed by atoms with Crippen molar-refractivity contribution in [3.63, 3.8) is 0 Å². The van der Waals surface area contributed by atoms with Crippen molar-refractivity contribution in [2.45, 2.75) is 50.7 Å². The van der Waals surface area contributed by atoms with Crippen LogP contribution in [0.15, 0.2) is 24.3 Å². The monoisotopic (exact) mass is 440 g/mol. The van der Waals surface area contributed by atoms with Gasteiger partial charge in [0.15, 0.2) is 0 Å². The van der Waals surface area contributed by atoms with Gasteiger partial charge in [0.1, 0.15) is 11.9 Å². The van der Waals surface area contributed by atoms with Crippen molar-refractivity contribution in [3.8, 4) is 5.75 Å². The van der Waals surface area contributed by atoms with Crippen LogP contribution in [0.25, 0.3) is 0 Å². The highest BCUT2D eigenvalue weighted by molar-refractivity contribution is 5.75. The Morgan fingerprint density at radius 2 is 1.88 bits per heavy atom. The molecule has 1 aromatic rings. The molecule has 0 bridgehead atoms. The summed E-state index contributed by atoms with van der Waals surface area (Å²) >= 11 is 0. The lowest BCUT2D eigenvalue weighted by molar-refractivity contribution is -0.147. The van der Waals surface area contributed by atoms with Gasteiger partial charge < -0.3 is 19.1 Å². The van der Waals surface area contributed by atoms with E-state index in [9.17, 15) is 4.79 Å². The Morgan fingerprint density at radius 1 is 1.12 bits per heavy atom. The van der Waals surface area contributed by atoms with Crippen molar-refractivity contribution >= 4 is 11.7 Å². The minimum absolute atomic E-state index is 0.0230. The van der Waals surface area contributed by atoms with Gasteiger partial charge in [-0.05, 0) is 67.7 Å². The number of carbonyl (C=O) groups excluding carboxylic acids is 1. The summed E-state index contributed by atoms with van der Waals surface area (Å²) in [6.07, 6.45) is 5.95. The average Bonchev–Trinajstić information content (AvgIpc) is 3.51. The number of esters is 1. The van der Waals surface area contributed by atoms with E-state index >= 15 is 0 Å². The number of methoxy groups -OCH3 is 1. The fourth-order valence-electron chi connectivity index (χ4n) is 7.43. The first-order valence-corrected chi connectivity index (χ1v) is 12.5. The smallest absolute Gasteiger partial charge is 0.310 e. The van der Waals surface area contributed by atoms with E-state index in [1.54, 1.807) is 7.11 Å². The molecular weight excluding hydrogens is 404 g/mol. The van der Waals surface area contributed by atoms with Crippen LogP contribution in [-0.2, 0) is 14.3 Å². The van der Waals surface area contributed by atoms with Crippen LogP contribution in [0.3, 0.4) is 0 Å². The molecule has 6 rings (SSSR count). The Labute approximate surface area is 191 Å². The third kappa shape index (κ3) is 3.41. The normalized spacial score (nSPS) is 41.2. The third-order valence-electron chi connectivity index (χ3n) is 9.34. The maximum Gasteiger partial charge on any atom is 0.310 e. The molecule has 0 unspecified atom stereocenters. The average molecular weight is 441 g/mol. The molecule has 3 aliphatic heterocycles. The van der Waals surface area contributed by atoms with Gasteiger partial charge in [-0.2, -0.15) is 0 Å². The number of rotatable bonds is 4. The maximum atomic E-state index is 12.9. The van der Waals surface area contributed by atoms with Gasteiger partial charge in [0, 0.05) is 44.3 Å². The van der Waals surface area contributed by atoms with Crippen molar-refractivity contribution in [2.75, 3.05) is 51.3 Å². The largest absolute Gasteiger partial charge is 0.497 e. The fraction of sp³-hybridized carbons (Fsp3) is 0.731. The summed E-state index contributed by atoms with van der Waals surface area (Å²) in [4.78, 5) is 17.8. The second-order valence-electron chi connectivity index (χ2n) is 11.1. The number of fused-ring (bicyclic) bond motifs is 3. The van der Waals surface area contributed by atoms with E-state index in [2.05, 4.69) is 28.9 Å². The van der Waals surface area contributed by atoms with E-state index in [-0.39, 0.29) is 29.0 Å². The van der Waals surface area contributed by atoms with Crippen LogP contribution in [0.4, 0.5) is 5.69 Å². The van der Waals surface area contributed by atoms with Gasteiger partial charge in [-0.3, -0.25) is 9.69 Å². The van der Waals surface area contributed by atoms with E-state index in [0.29, 0.717) is 11.8 Å². The van der Waals surface area contributed by atoms with Crippen LogP contribution in [0.5, 0.6) is 5.75 Å². The van der Waals surface area contributed by atoms with E-state index in [1.807, 2.05) is 12.1 Å². The predicted molar refractivity (Wildman–Crippen MR) is 122 cm³/mol. The summed E-state index contributed by atoms with van der Waals surface area (Å²) in [6.45, 7) is 8.14. The van der Waals surface area contributed by atoms with E-state index in [0.717, 1.165) is 57.9 Å². The minimum Gasteiger partial charge on any atom is -0.497 e. The summed E-state index contributed by atoms with van der Waals surface area (Å²) in [5, 5.41) is 0. The van der Waals surface area contributed by atoms with Crippen molar-refractivity contribution in [1.29, 1.82) is 0 Å². The van der Waals surface area contributed by atoms with Crippen LogP contribution in [0.1, 0.15) is 39.0 Å². The highest BCUT2D eigenvalue weighted by Gasteiger charge is 2.65. The van der Waals surface area contributed by atoms with Crippen LogP contribution >= 0.6 is 0 Å². The highest BCUT2D eigenvalue weighted by Crippen LogP contribution is 2.62. The Morgan fingerprint density at radius 3 is 2.56 bits per heavy atom. The number of hydrogen-bond donors (Lipinski definition) is 0. The first-order chi connectivity index (χ1) is 15.5. The molecule has 174 valence electrons. The first-order valence-electron chi connectivity index (χ1n) is 12.5. The zero-order chi connectivity index (χ0) is 21.9. The van der Waals surface area contributed by atoms with Gasteiger partial charge in [-0.25, -0.2) is 0 Å². The Balaban J connectivity index is 1.10. The number of ether oxygens (including phenoxy) is 3. The molecule has 0 radical (unpaired) electrons. The number of epoxide rings is 1. The first kappa shape index (κ1) is 20.8. The lowest BCUT2D eigenvalue weighted by Crippen LogP contribution is -2.52. The molecule has 2 saturated carbocycles. The molecule has 0 N–H and O–H groups in total. The van der Waals surface area contributed by atoms with E-state index < -0.39 is 0 Å². The van der Waals surface area contributed by atoms with Crippen molar-refractivity contribution < 1.29 is 19.0 Å². The summed E-state index contributed by atoms with van der Waals surface area (Å²) in [7, 11) is 1.70. The quantitative estimate of drug-likeness (QED) is 0.529. The molecule has 0 amide bonds. The Bertz CT molecular complexity index is 861. The highest BCUT2D eigenvalue weighted by atomic mass is 16.6. The van der Waals surface area contributed by atoms with Gasteiger partial charge >= 0.3 is 5.97 Å². The summed E-state index contributed by atoms with van der Waals surface area (Å²) < 4.78 is 17.3. The van der Waals surface area contributed by atoms with Gasteiger partial charge in [-0.15, -0.1) is 0 Å².